The lowest BCUT2D eigenvalue weighted by Crippen LogP contribution is -2.33. The summed E-state index contributed by atoms with van der Waals surface area (Å²) in [5.74, 6) is 0.479. The fourth-order valence-electron chi connectivity index (χ4n) is 4.98. The van der Waals surface area contributed by atoms with E-state index in [4.69, 9.17) is 0 Å². The second-order valence-corrected chi connectivity index (χ2v) is 10.1. The number of amides is 1. The zero-order valence-corrected chi connectivity index (χ0v) is 20.3. The monoisotopic (exact) mass is 500 g/mol. The summed E-state index contributed by atoms with van der Waals surface area (Å²) in [6.07, 6.45) is 6.15. The average Bonchev–Trinajstić information content (AvgIpc) is 3.53. The van der Waals surface area contributed by atoms with E-state index >= 15 is 0 Å². The number of benzene rings is 1. The number of fused-ring (bicyclic) bond motifs is 3. The highest BCUT2D eigenvalue weighted by Crippen LogP contribution is 2.33. The van der Waals surface area contributed by atoms with Crippen LogP contribution in [0.15, 0.2) is 63.5 Å². The molecule has 2 aliphatic rings. The number of hydrogen-bond donors (Lipinski definition) is 1. The van der Waals surface area contributed by atoms with Crippen molar-refractivity contribution in [1.29, 1.82) is 0 Å². The van der Waals surface area contributed by atoms with Gasteiger partial charge in [-0.25, -0.2) is 9.67 Å². The van der Waals surface area contributed by atoms with E-state index in [9.17, 15) is 14.4 Å². The zero-order chi connectivity index (χ0) is 24.6. The lowest BCUT2D eigenvalue weighted by atomic mass is 10.1. The largest absolute Gasteiger partial charge is 0.350 e. The first-order valence-electron chi connectivity index (χ1n) is 12.0. The van der Waals surface area contributed by atoms with E-state index in [2.05, 4.69) is 20.4 Å². The number of carbonyl (C=O) groups excluding carboxylic acids is 1. The van der Waals surface area contributed by atoms with Crippen LogP contribution in [0.25, 0.3) is 10.8 Å². The molecular weight excluding hydrogens is 476 g/mol. The van der Waals surface area contributed by atoms with Crippen molar-refractivity contribution >= 4 is 28.4 Å². The van der Waals surface area contributed by atoms with Gasteiger partial charge in [0.2, 0.25) is 5.91 Å². The number of aryl methyl sites for hydroxylation is 1. The van der Waals surface area contributed by atoms with Crippen LogP contribution in [0.5, 0.6) is 0 Å². The van der Waals surface area contributed by atoms with Crippen molar-refractivity contribution in [3.63, 3.8) is 0 Å². The predicted molar refractivity (Wildman–Crippen MR) is 136 cm³/mol. The first-order valence-corrected chi connectivity index (χ1v) is 13.0. The van der Waals surface area contributed by atoms with Gasteiger partial charge in [-0.2, -0.15) is 5.10 Å². The first kappa shape index (κ1) is 22.7. The van der Waals surface area contributed by atoms with Gasteiger partial charge in [0.1, 0.15) is 0 Å². The summed E-state index contributed by atoms with van der Waals surface area (Å²) in [6, 6.07) is 10.8. The van der Waals surface area contributed by atoms with E-state index in [0.717, 1.165) is 36.1 Å². The number of hydrogen-bond acceptors (Lipinski definition) is 7. The number of thioether (sulfide) groups is 1. The molecule has 0 spiro atoms. The van der Waals surface area contributed by atoms with E-state index < -0.39 is 0 Å². The van der Waals surface area contributed by atoms with Crippen LogP contribution in [0.4, 0.5) is 0 Å². The molecule has 1 amide bonds. The van der Waals surface area contributed by atoms with Crippen LogP contribution in [-0.2, 0) is 30.7 Å². The Morgan fingerprint density at radius 2 is 1.94 bits per heavy atom. The van der Waals surface area contributed by atoms with Crippen molar-refractivity contribution in [3.8, 4) is 0 Å². The smallest absolute Gasteiger partial charge is 0.274 e. The number of pyridine rings is 1. The Morgan fingerprint density at radius 1 is 1.08 bits per heavy atom. The molecule has 1 N–H and O–H groups in total. The van der Waals surface area contributed by atoms with E-state index in [1.54, 1.807) is 23.0 Å². The number of nitrogens with one attached hydrogen (secondary N) is 1. The first-order chi connectivity index (χ1) is 17.6. The predicted octanol–water partition coefficient (Wildman–Crippen LogP) is 2.24. The summed E-state index contributed by atoms with van der Waals surface area (Å²) in [5.41, 5.74) is 3.01. The summed E-state index contributed by atoms with van der Waals surface area (Å²) in [5, 5.41) is 9.51. The number of nitrogens with zero attached hydrogens (tertiary/aromatic N) is 5. The molecule has 1 aliphatic carbocycles. The number of rotatable bonds is 6. The molecule has 1 aliphatic heterocycles. The standard InChI is InChI=1S/C26H24N6O3S/c33-23(11-17-15-36-26-29-21-9-3-8-20(21)25(35)32(17)26)28-13-22-18-6-1-2-7-19(18)24(34)31(30-22)14-16-5-4-10-27-12-16/h1-2,4-7,10,12,17H,3,8-9,11,13-15H2,(H,28,33). The lowest BCUT2D eigenvalue weighted by molar-refractivity contribution is -0.121. The van der Waals surface area contributed by atoms with Crippen LogP contribution in [0, 0.1) is 0 Å². The maximum absolute atomic E-state index is 13.0. The number of aromatic nitrogens is 5. The van der Waals surface area contributed by atoms with Crippen molar-refractivity contribution < 1.29 is 4.79 Å². The molecule has 3 aromatic heterocycles. The molecule has 1 unspecified atom stereocenters. The highest BCUT2D eigenvalue weighted by molar-refractivity contribution is 7.99. The minimum absolute atomic E-state index is 0.00504. The van der Waals surface area contributed by atoms with Crippen molar-refractivity contribution in [2.24, 2.45) is 0 Å². The van der Waals surface area contributed by atoms with Crippen LogP contribution < -0.4 is 16.4 Å². The molecule has 6 rings (SSSR count). The maximum Gasteiger partial charge on any atom is 0.274 e. The third-order valence-corrected chi connectivity index (χ3v) is 7.84. The molecule has 0 saturated carbocycles. The summed E-state index contributed by atoms with van der Waals surface area (Å²) in [4.78, 5) is 47.8. The van der Waals surface area contributed by atoms with Crippen molar-refractivity contribution in [1.82, 2.24) is 29.6 Å². The summed E-state index contributed by atoms with van der Waals surface area (Å²) in [7, 11) is 0. The topological polar surface area (TPSA) is 112 Å². The normalized spacial score (nSPS) is 16.2. The fraction of sp³-hybridized carbons (Fsp3) is 0.308. The van der Waals surface area contributed by atoms with Crippen molar-refractivity contribution in [2.45, 2.75) is 50.0 Å². The second-order valence-electron chi connectivity index (χ2n) is 9.11. The van der Waals surface area contributed by atoms with Gasteiger partial charge >= 0.3 is 0 Å². The number of carbonyl (C=O) groups is 1. The Hall–Kier alpha value is -3.79. The van der Waals surface area contributed by atoms with E-state index in [1.807, 2.05) is 30.3 Å². The molecule has 4 aromatic rings. The Kier molecular flexibility index (Phi) is 5.88. The van der Waals surface area contributed by atoms with Gasteiger partial charge in [0.25, 0.3) is 11.1 Å². The quantitative estimate of drug-likeness (QED) is 0.404. The maximum atomic E-state index is 13.0. The summed E-state index contributed by atoms with van der Waals surface area (Å²) >= 11 is 1.54. The van der Waals surface area contributed by atoms with Crippen LogP contribution >= 0.6 is 11.8 Å². The lowest BCUT2D eigenvalue weighted by Gasteiger charge is -2.15. The Bertz CT molecular complexity index is 1600. The van der Waals surface area contributed by atoms with Crippen LogP contribution in [-0.4, -0.2) is 36.0 Å². The Balaban J connectivity index is 1.22. The van der Waals surface area contributed by atoms with Crippen molar-refractivity contribution in [2.75, 3.05) is 5.75 Å². The molecule has 10 heteroatoms. The van der Waals surface area contributed by atoms with Gasteiger partial charge in [0.05, 0.1) is 35.9 Å². The highest BCUT2D eigenvalue weighted by atomic mass is 32.2. The molecule has 0 saturated heterocycles. The Labute approximate surface area is 210 Å². The van der Waals surface area contributed by atoms with Gasteiger partial charge in [-0.3, -0.25) is 23.9 Å². The summed E-state index contributed by atoms with van der Waals surface area (Å²) < 4.78 is 3.12. The minimum atomic E-state index is -0.222. The van der Waals surface area contributed by atoms with E-state index in [0.29, 0.717) is 27.4 Å². The van der Waals surface area contributed by atoms with Gasteiger partial charge in [0, 0.05) is 35.5 Å². The molecule has 36 heavy (non-hydrogen) atoms. The van der Waals surface area contributed by atoms with Crippen molar-refractivity contribution in [3.05, 3.63) is 92.0 Å². The molecular formula is C26H24N6O3S. The Morgan fingerprint density at radius 3 is 2.78 bits per heavy atom. The molecule has 1 atom stereocenters. The molecule has 0 radical (unpaired) electrons. The molecule has 182 valence electrons. The molecule has 1 aromatic carbocycles. The third kappa shape index (κ3) is 4.11. The van der Waals surface area contributed by atoms with Crippen LogP contribution in [0.3, 0.4) is 0 Å². The van der Waals surface area contributed by atoms with Gasteiger partial charge in [-0.1, -0.05) is 36.0 Å². The fourth-order valence-corrected chi connectivity index (χ4v) is 6.13. The highest BCUT2D eigenvalue weighted by Gasteiger charge is 2.31. The molecule has 9 nitrogen and oxygen atoms in total. The SMILES string of the molecule is O=C(CC1CSc2nc3c(c(=O)n21)CCC3)NCc1nn(Cc2cccnc2)c(=O)c2ccccc12. The van der Waals surface area contributed by atoms with Gasteiger partial charge in [-0.05, 0) is 37.0 Å². The van der Waals surface area contributed by atoms with Crippen LogP contribution in [0.2, 0.25) is 0 Å². The molecule has 0 fully saturated rings. The van der Waals surface area contributed by atoms with E-state index in [-0.39, 0.29) is 42.6 Å². The average molecular weight is 501 g/mol. The summed E-state index contributed by atoms with van der Waals surface area (Å²) in [6.45, 7) is 0.464. The van der Waals surface area contributed by atoms with Gasteiger partial charge in [-0.15, -0.1) is 0 Å². The zero-order valence-electron chi connectivity index (χ0n) is 19.5. The van der Waals surface area contributed by atoms with Crippen LogP contribution in [0.1, 0.15) is 41.4 Å². The molecule has 4 heterocycles. The van der Waals surface area contributed by atoms with Gasteiger partial charge in [0.15, 0.2) is 5.16 Å². The van der Waals surface area contributed by atoms with E-state index in [1.165, 1.54) is 16.4 Å². The molecule has 0 bridgehead atoms. The minimum Gasteiger partial charge on any atom is -0.350 e. The van der Waals surface area contributed by atoms with Gasteiger partial charge < -0.3 is 5.32 Å². The third-order valence-electron chi connectivity index (χ3n) is 6.75. The second kappa shape index (κ2) is 9.34.